The van der Waals surface area contributed by atoms with Crippen molar-refractivity contribution in [2.75, 3.05) is 23.7 Å². The summed E-state index contributed by atoms with van der Waals surface area (Å²) in [6, 6.07) is 13.9. The van der Waals surface area contributed by atoms with Crippen molar-refractivity contribution < 1.29 is 18.0 Å². The Kier molecular flexibility index (Phi) is 9.05. The molecule has 2 rings (SSSR count). The van der Waals surface area contributed by atoms with Gasteiger partial charge in [-0.25, -0.2) is 8.42 Å². The number of amides is 2. The molecule has 0 heterocycles. The van der Waals surface area contributed by atoms with E-state index in [-0.39, 0.29) is 18.4 Å². The molecule has 0 aliphatic carbocycles. The van der Waals surface area contributed by atoms with Crippen molar-refractivity contribution in [2.45, 2.75) is 47.2 Å². The third-order valence-electron chi connectivity index (χ3n) is 5.52. The molecule has 0 aliphatic rings. The molecule has 7 nitrogen and oxygen atoms in total. The van der Waals surface area contributed by atoms with E-state index in [0.29, 0.717) is 12.2 Å². The summed E-state index contributed by atoms with van der Waals surface area (Å²) >= 11 is 0. The Labute approximate surface area is 197 Å². The van der Waals surface area contributed by atoms with Gasteiger partial charge in [-0.2, -0.15) is 0 Å². The molecule has 0 saturated heterocycles. The summed E-state index contributed by atoms with van der Waals surface area (Å²) < 4.78 is 26.3. The van der Waals surface area contributed by atoms with Crippen LogP contribution >= 0.6 is 0 Å². The number of hydrogen-bond donors (Lipinski definition) is 1. The molecule has 2 amide bonds. The fourth-order valence-corrected chi connectivity index (χ4v) is 4.35. The Morgan fingerprint density at radius 1 is 0.939 bits per heavy atom. The summed E-state index contributed by atoms with van der Waals surface area (Å²) in [5.41, 5.74) is 3.07. The lowest BCUT2D eigenvalue weighted by Gasteiger charge is -2.32. The average molecular weight is 474 g/mol. The fraction of sp³-hybridized carbons (Fsp3) is 0.440. The normalized spacial score (nSPS) is 12.3. The number of nitrogens with zero attached hydrogens (tertiary/aromatic N) is 2. The molecule has 8 heteroatoms. The molecule has 33 heavy (non-hydrogen) atoms. The molecule has 1 atom stereocenters. The SMILES string of the molecule is Cc1ccccc1CN(C(=O)CN(c1ccccc1C)S(C)(=O)=O)C(C)C(=O)NCC(C)C. The smallest absolute Gasteiger partial charge is 0.244 e. The minimum absolute atomic E-state index is 0.202. The summed E-state index contributed by atoms with van der Waals surface area (Å²) in [5, 5.41) is 2.88. The van der Waals surface area contributed by atoms with Gasteiger partial charge in [-0.05, 0) is 49.4 Å². The van der Waals surface area contributed by atoms with Gasteiger partial charge in [0.2, 0.25) is 21.8 Å². The number of para-hydroxylation sites is 1. The van der Waals surface area contributed by atoms with Crippen LogP contribution in [0.3, 0.4) is 0 Å². The molecular formula is C25H35N3O4S. The molecule has 180 valence electrons. The summed E-state index contributed by atoms with van der Waals surface area (Å²) in [6.07, 6.45) is 1.08. The fourth-order valence-electron chi connectivity index (χ4n) is 3.44. The molecule has 0 saturated carbocycles. The number of anilines is 1. The quantitative estimate of drug-likeness (QED) is 0.574. The van der Waals surface area contributed by atoms with Crippen LogP contribution in [0.4, 0.5) is 5.69 Å². The molecular weight excluding hydrogens is 438 g/mol. The molecule has 2 aromatic carbocycles. The first-order valence-electron chi connectivity index (χ1n) is 11.1. The maximum Gasteiger partial charge on any atom is 0.244 e. The minimum atomic E-state index is -3.73. The molecule has 0 aromatic heterocycles. The Hall–Kier alpha value is -2.87. The van der Waals surface area contributed by atoms with Crippen LogP contribution in [0.25, 0.3) is 0 Å². The van der Waals surface area contributed by atoms with Gasteiger partial charge in [-0.15, -0.1) is 0 Å². The zero-order chi connectivity index (χ0) is 24.8. The van der Waals surface area contributed by atoms with Crippen molar-refractivity contribution >= 4 is 27.5 Å². The highest BCUT2D eigenvalue weighted by molar-refractivity contribution is 7.92. The highest BCUT2D eigenvalue weighted by Crippen LogP contribution is 2.23. The van der Waals surface area contributed by atoms with E-state index in [0.717, 1.165) is 27.3 Å². The standard InChI is InChI=1S/C25H35N3O4S/c1-18(2)15-26-25(30)21(5)27(16-22-13-9-7-11-19(22)3)24(29)17-28(33(6,31)32)23-14-10-8-12-20(23)4/h7-14,18,21H,15-17H2,1-6H3,(H,26,30). The van der Waals surface area contributed by atoms with Gasteiger partial charge in [0.1, 0.15) is 12.6 Å². The minimum Gasteiger partial charge on any atom is -0.354 e. The zero-order valence-corrected chi connectivity index (χ0v) is 21.1. The van der Waals surface area contributed by atoms with Gasteiger partial charge in [0.15, 0.2) is 0 Å². The van der Waals surface area contributed by atoms with Crippen LogP contribution in [0, 0.1) is 19.8 Å². The summed E-state index contributed by atoms with van der Waals surface area (Å²) in [4.78, 5) is 27.8. The van der Waals surface area contributed by atoms with Crippen LogP contribution in [0.2, 0.25) is 0 Å². The number of rotatable bonds is 10. The van der Waals surface area contributed by atoms with Gasteiger partial charge in [0, 0.05) is 13.1 Å². The van der Waals surface area contributed by atoms with Crippen LogP contribution in [0.5, 0.6) is 0 Å². The highest BCUT2D eigenvalue weighted by Gasteiger charge is 2.30. The lowest BCUT2D eigenvalue weighted by Crippen LogP contribution is -2.51. The maximum absolute atomic E-state index is 13.5. The largest absolute Gasteiger partial charge is 0.354 e. The third kappa shape index (κ3) is 7.32. The van der Waals surface area contributed by atoms with Crippen LogP contribution in [0.15, 0.2) is 48.5 Å². The van der Waals surface area contributed by atoms with Crippen molar-refractivity contribution in [2.24, 2.45) is 5.92 Å². The zero-order valence-electron chi connectivity index (χ0n) is 20.3. The molecule has 0 bridgehead atoms. The number of hydrogen-bond acceptors (Lipinski definition) is 4. The van der Waals surface area contributed by atoms with Crippen molar-refractivity contribution in [3.05, 3.63) is 65.2 Å². The van der Waals surface area contributed by atoms with Crippen LogP contribution in [-0.4, -0.2) is 50.5 Å². The highest BCUT2D eigenvalue weighted by atomic mass is 32.2. The maximum atomic E-state index is 13.5. The van der Waals surface area contributed by atoms with E-state index in [1.54, 1.807) is 32.0 Å². The molecule has 1 N–H and O–H groups in total. The molecule has 0 radical (unpaired) electrons. The van der Waals surface area contributed by atoms with Gasteiger partial charge in [-0.1, -0.05) is 56.3 Å². The van der Waals surface area contributed by atoms with Crippen LogP contribution in [-0.2, 0) is 26.2 Å². The molecule has 2 aromatic rings. The first-order chi connectivity index (χ1) is 15.4. The topological polar surface area (TPSA) is 86.8 Å². The lowest BCUT2D eigenvalue weighted by molar-refractivity contribution is -0.139. The van der Waals surface area contributed by atoms with Crippen molar-refractivity contribution in [1.29, 1.82) is 0 Å². The second-order valence-electron chi connectivity index (χ2n) is 8.82. The first-order valence-corrected chi connectivity index (χ1v) is 12.9. The van der Waals surface area contributed by atoms with E-state index < -0.39 is 28.5 Å². The Balaban J connectivity index is 2.39. The number of nitrogens with one attached hydrogen (secondary N) is 1. The van der Waals surface area contributed by atoms with Gasteiger partial charge in [0.05, 0.1) is 11.9 Å². The molecule has 1 unspecified atom stereocenters. The number of sulfonamides is 1. The second kappa shape index (κ2) is 11.3. The Morgan fingerprint density at radius 2 is 1.52 bits per heavy atom. The first kappa shape index (κ1) is 26.4. The van der Waals surface area contributed by atoms with Crippen LogP contribution in [0.1, 0.15) is 37.5 Å². The van der Waals surface area contributed by atoms with Crippen molar-refractivity contribution in [3.63, 3.8) is 0 Å². The molecule has 0 fully saturated rings. The Bertz CT molecular complexity index is 1080. The van der Waals surface area contributed by atoms with Crippen molar-refractivity contribution in [1.82, 2.24) is 10.2 Å². The van der Waals surface area contributed by atoms with E-state index in [1.165, 1.54) is 4.90 Å². The number of benzene rings is 2. The van der Waals surface area contributed by atoms with Crippen molar-refractivity contribution in [3.8, 4) is 0 Å². The van der Waals surface area contributed by atoms with Gasteiger partial charge in [0.25, 0.3) is 0 Å². The van der Waals surface area contributed by atoms with E-state index in [2.05, 4.69) is 5.32 Å². The van der Waals surface area contributed by atoms with Gasteiger partial charge < -0.3 is 10.2 Å². The van der Waals surface area contributed by atoms with Crippen LogP contribution < -0.4 is 9.62 Å². The van der Waals surface area contributed by atoms with E-state index in [9.17, 15) is 18.0 Å². The summed E-state index contributed by atoms with van der Waals surface area (Å²) in [6.45, 7) is 9.70. The number of carbonyl (C=O) groups is 2. The average Bonchev–Trinajstić information content (AvgIpc) is 2.74. The van der Waals surface area contributed by atoms with E-state index >= 15 is 0 Å². The van der Waals surface area contributed by atoms with Gasteiger partial charge >= 0.3 is 0 Å². The molecule has 0 spiro atoms. The summed E-state index contributed by atoms with van der Waals surface area (Å²) in [7, 11) is -3.73. The third-order valence-corrected chi connectivity index (χ3v) is 6.64. The summed E-state index contributed by atoms with van der Waals surface area (Å²) in [5.74, 6) is -0.449. The van der Waals surface area contributed by atoms with E-state index in [1.807, 2.05) is 51.1 Å². The van der Waals surface area contributed by atoms with E-state index in [4.69, 9.17) is 0 Å². The monoisotopic (exact) mass is 473 g/mol. The predicted molar refractivity (Wildman–Crippen MR) is 132 cm³/mol. The van der Waals surface area contributed by atoms with Gasteiger partial charge in [-0.3, -0.25) is 13.9 Å². The number of carbonyl (C=O) groups excluding carboxylic acids is 2. The molecule has 0 aliphatic heterocycles. The Morgan fingerprint density at radius 3 is 2.06 bits per heavy atom. The second-order valence-corrected chi connectivity index (χ2v) is 10.7. The number of aryl methyl sites for hydroxylation is 2. The lowest BCUT2D eigenvalue weighted by atomic mass is 10.1. The predicted octanol–water partition coefficient (Wildman–Crippen LogP) is 3.26.